The van der Waals surface area contributed by atoms with Gasteiger partial charge in [0.05, 0.1) is 11.3 Å². The molecule has 1 amide bonds. The van der Waals surface area contributed by atoms with Gasteiger partial charge in [-0.1, -0.05) is 0 Å². The van der Waals surface area contributed by atoms with E-state index < -0.39 is 17.2 Å². The third-order valence-electron chi connectivity index (χ3n) is 5.79. The number of benzene rings is 1. The van der Waals surface area contributed by atoms with Gasteiger partial charge in [-0.25, -0.2) is 4.98 Å². The second-order valence-electron chi connectivity index (χ2n) is 7.76. The Labute approximate surface area is 175 Å². The number of carbonyl (C=O) groups is 1. The molecule has 5 rings (SSSR count). The van der Waals surface area contributed by atoms with Crippen molar-refractivity contribution in [1.29, 1.82) is 0 Å². The summed E-state index contributed by atoms with van der Waals surface area (Å²) in [5.41, 5.74) is -0.224. The van der Waals surface area contributed by atoms with Crippen LogP contribution in [-0.4, -0.2) is 27.6 Å². The lowest BCUT2D eigenvalue weighted by Gasteiger charge is -2.20. The number of amides is 1. The zero-order valence-electron chi connectivity index (χ0n) is 16.2. The minimum atomic E-state index is -4.40. The van der Waals surface area contributed by atoms with Gasteiger partial charge in [-0.15, -0.1) is 10.2 Å². The van der Waals surface area contributed by atoms with E-state index in [1.165, 1.54) is 12.1 Å². The monoisotopic (exact) mass is 429 g/mol. The molecule has 0 spiro atoms. The summed E-state index contributed by atoms with van der Waals surface area (Å²) in [5.74, 6) is 0.530. The van der Waals surface area contributed by atoms with Gasteiger partial charge in [0.15, 0.2) is 5.69 Å². The van der Waals surface area contributed by atoms with Crippen LogP contribution in [0, 0.1) is 5.92 Å². The van der Waals surface area contributed by atoms with Gasteiger partial charge in [0, 0.05) is 18.4 Å². The minimum absolute atomic E-state index is 0.0886. The normalized spacial score (nSPS) is 21.2. The first-order valence-corrected chi connectivity index (χ1v) is 9.90. The number of rotatable bonds is 5. The maximum absolute atomic E-state index is 12.8. The van der Waals surface area contributed by atoms with Crippen molar-refractivity contribution in [3.8, 4) is 11.6 Å². The summed E-state index contributed by atoms with van der Waals surface area (Å²) in [6.45, 7) is 0.567. The molecular formula is C21H18F3N5O2. The Hall–Kier alpha value is -3.43. The summed E-state index contributed by atoms with van der Waals surface area (Å²) in [7, 11) is 0. The number of nitrogens with one attached hydrogen (secondary N) is 2. The van der Waals surface area contributed by atoms with Crippen LogP contribution in [0.4, 0.5) is 24.5 Å². The van der Waals surface area contributed by atoms with Crippen LogP contribution in [-0.2, 0) is 16.4 Å². The molecular weight excluding hydrogens is 411 g/mol. The lowest BCUT2D eigenvalue weighted by Crippen LogP contribution is -2.38. The van der Waals surface area contributed by atoms with E-state index in [0.29, 0.717) is 30.0 Å². The highest BCUT2D eigenvalue weighted by Crippen LogP contribution is 2.51. The smallest absolute Gasteiger partial charge is 0.416 e. The van der Waals surface area contributed by atoms with E-state index in [9.17, 15) is 18.0 Å². The summed E-state index contributed by atoms with van der Waals surface area (Å²) in [5, 5.41) is 14.2. The van der Waals surface area contributed by atoms with Gasteiger partial charge in [0.1, 0.15) is 5.41 Å². The molecule has 10 heteroatoms. The van der Waals surface area contributed by atoms with E-state index in [1.54, 1.807) is 18.3 Å². The zero-order valence-corrected chi connectivity index (χ0v) is 16.2. The van der Waals surface area contributed by atoms with Crippen LogP contribution in [0.1, 0.15) is 30.7 Å². The van der Waals surface area contributed by atoms with Crippen molar-refractivity contribution in [1.82, 2.24) is 20.5 Å². The Bertz CT molecular complexity index is 1120. The summed E-state index contributed by atoms with van der Waals surface area (Å²) in [6.07, 6.45) is -0.361. The zero-order chi connectivity index (χ0) is 21.6. The molecule has 3 heterocycles. The molecule has 1 aliphatic heterocycles. The number of hydrogen-bond donors (Lipinski definition) is 2. The number of carbonyl (C=O) groups excluding carboxylic acids is 1. The number of aromatic nitrogens is 3. The molecule has 1 saturated heterocycles. The molecule has 2 aliphatic rings. The number of halogens is 3. The highest BCUT2D eigenvalue weighted by atomic mass is 19.4. The lowest BCUT2D eigenvalue weighted by atomic mass is 9.81. The number of hydrogen-bond acceptors (Lipinski definition) is 6. The van der Waals surface area contributed by atoms with Crippen molar-refractivity contribution < 1.29 is 22.4 Å². The molecule has 31 heavy (non-hydrogen) atoms. The molecule has 0 unspecified atom stereocenters. The third kappa shape index (κ3) is 3.41. The molecule has 1 aromatic carbocycles. The molecule has 2 N–H and O–H groups in total. The molecule has 1 aliphatic carbocycles. The maximum atomic E-state index is 12.8. The van der Waals surface area contributed by atoms with Gasteiger partial charge in [0.2, 0.25) is 11.8 Å². The molecule has 0 bridgehead atoms. The highest BCUT2D eigenvalue weighted by Gasteiger charge is 2.58. The fraction of sp³-hybridized carbons (Fsp3) is 0.333. The van der Waals surface area contributed by atoms with E-state index >= 15 is 0 Å². The van der Waals surface area contributed by atoms with E-state index in [2.05, 4.69) is 25.8 Å². The summed E-state index contributed by atoms with van der Waals surface area (Å²) >= 11 is 0. The van der Waals surface area contributed by atoms with E-state index in [4.69, 9.17) is 4.42 Å². The van der Waals surface area contributed by atoms with Crippen LogP contribution < -0.4 is 10.6 Å². The van der Waals surface area contributed by atoms with Crippen LogP contribution >= 0.6 is 0 Å². The fourth-order valence-electron chi connectivity index (χ4n) is 4.06. The Balaban J connectivity index is 1.45. The maximum Gasteiger partial charge on any atom is 0.416 e. The molecule has 1 saturated carbocycles. The largest absolute Gasteiger partial charge is 0.418 e. The van der Waals surface area contributed by atoms with Gasteiger partial charge in [-0.05, 0) is 61.6 Å². The van der Waals surface area contributed by atoms with Crippen LogP contribution in [0.2, 0.25) is 0 Å². The van der Waals surface area contributed by atoms with Gasteiger partial charge in [0.25, 0.3) is 5.89 Å². The predicted octanol–water partition coefficient (Wildman–Crippen LogP) is 4.06. The van der Waals surface area contributed by atoms with Gasteiger partial charge in [-0.3, -0.25) is 4.79 Å². The Morgan fingerprint density at radius 2 is 1.90 bits per heavy atom. The third-order valence-corrected chi connectivity index (χ3v) is 5.79. The lowest BCUT2D eigenvalue weighted by molar-refractivity contribution is -0.137. The van der Waals surface area contributed by atoms with E-state index in [1.807, 2.05) is 0 Å². The number of pyridine rings is 1. The van der Waals surface area contributed by atoms with Crippen LogP contribution in [0.15, 0.2) is 47.0 Å². The fourth-order valence-corrected chi connectivity index (χ4v) is 4.06. The van der Waals surface area contributed by atoms with Crippen molar-refractivity contribution in [3.63, 3.8) is 0 Å². The molecule has 2 fully saturated rings. The molecule has 2 aromatic heterocycles. The van der Waals surface area contributed by atoms with Gasteiger partial charge >= 0.3 is 6.18 Å². The molecule has 0 radical (unpaired) electrons. The van der Waals surface area contributed by atoms with Crippen LogP contribution in [0.25, 0.3) is 11.6 Å². The standard InChI is InChI=1S/C21H18F3N5O2/c22-21(23,24)13-5-7-14(8-6-13)27-15-2-1-10-25-16(15)17-28-29-19(31-17)20(12-3-4-12)9-11-26-18(20)30/h1-2,5-8,10,12,27H,3-4,9,11H2,(H,26,30)/t20-/m1/s1. The second-order valence-corrected chi connectivity index (χ2v) is 7.76. The number of alkyl halides is 3. The van der Waals surface area contributed by atoms with E-state index in [0.717, 1.165) is 25.0 Å². The summed E-state index contributed by atoms with van der Waals surface area (Å²) in [4.78, 5) is 16.9. The highest BCUT2D eigenvalue weighted by molar-refractivity contribution is 5.90. The van der Waals surface area contributed by atoms with Crippen LogP contribution in [0.5, 0.6) is 0 Å². The molecule has 7 nitrogen and oxygen atoms in total. The SMILES string of the molecule is O=C1NCC[C@@]1(c1nnc(-c2ncccc2Nc2ccc(C(F)(F)F)cc2)o1)C1CC1. The molecule has 1 atom stereocenters. The average Bonchev–Trinajstić information content (AvgIpc) is 3.35. The first-order valence-electron chi connectivity index (χ1n) is 9.90. The first kappa shape index (κ1) is 19.5. The molecule has 160 valence electrons. The number of anilines is 2. The Morgan fingerprint density at radius 1 is 1.13 bits per heavy atom. The minimum Gasteiger partial charge on any atom is -0.418 e. The summed E-state index contributed by atoms with van der Waals surface area (Å²) < 4.78 is 44.3. The van der Waals surface area contributed by atoms with Crippen molar-refractivity contribution in [3.05, 3.63) is 54.0 Å². The van der Waals surface area contributed by atoms with E-state index in [-0.39, 0.29) is 23.6 Å². The van der Waals surface area contributed by atoms with Gasteiger partial charge < -0.3 is 15.1 Å². The Kier molecular flexibility index (Phi) is 4.45. The predicted molar refractivity (Wildman–Crippen MR) is 104 cm³/mol. The summed E-state index contributed by atoms with van der Waals surface area (Å²) in [6, 6.07) is 8.07. The van der Waals surface area contributed by atoms with Crippen molar-refractivity contribution in [2.75, 3.05) is 11.9 Å². The van der Waals surface area contributed by atoms with Crippen LogP contribution in [0.3, 0.4) is 0 Å². The quantitative estimate of drug-likeness (QED) is 0.635. The Morgan fingerprint density at radius 3 is 2.55 bits per heavy atom. The van der Waals surface area contributed by atoms with Crippen molar-refractivity contribution >= 4 is 17.3 Å². The second kappa shape index (κ2) is 7.07. The van der Waals surface area contributed by atoms with Gasteiger partial charge in [-0.2, -0.15) is 13.2 Å². The van der Waals surface area contributed by atoms with Crippen molar-refractivity contribution in [2.45, 2.75) is 30.9 Å². The average molecular weight is 429 g/mol. The first-order chi connectivity index (χ1) is 14.9. The molecule has 3 aromatic rings. The van der Waals surface area contributed by atoms with Crippen molar-refractivity contribution in [2.24, 2.45) is 5.92 Å². The topological polar surface area (TPSA) is 92.9 Å². The number of nitrogens with zero attached hydrogens (tertiary/aromatic N) is 3.